The van der Waals surface area contributed by atoms with Gasteiger partial charge in [0.2, 0.25) is 5.91 Å². The number of fused-ring (bicyclic) bond motifs is 1. The largest absolute Gasteiger partial charge is 0.326 e. The Morgan fingerprint density at radius 3 is 2.67 bits per heavy atom. The molecule has 1 saturated carbocycles. The monoisotopic (exact) mass is 353 g/mol. The van der Waals surface area contributed by atoms with Crippen molar-refractivity contribution in [1.82, 2.24) is 0 Å². The molecule has 1 fully saturated rings. The van der Waals surface area contributed by atoms with Crippen molar-refractivity contribution in [3.8, 4) is 0 Å². The van der Waals surface area contributed by atoms with E-state index in [4.69, 9.17) is 0 Å². The summed E-state index contributed by atoms with van der Waals surface area (Å²) in [7, 11) is 0. The van der Waals surface area contributed by atoms with Crippen LogP contribution >= 0.6 is 15.9 Å². The summed E-state index contributed by atoms with van der Waals surface area (Å²) >= 11 is 3.77. The van der Waals surface area contributed by atoms with E-state index in [1.807, 2.05) is 6.07 Å². The molecule has 1 aromatic carbocycles. The van der Waals surface area contributed by atoms with Crippen molar-refractivity contribution in [3.05, 3.63) is 29.1 Å². The first-order valence-electron chi connectivity index (χ1n) is 7.76. The smallest absolute Gasteiger partial charge is 0.224 e. The van der Waals surface area contributed by atoms with Gasteiger partial charge in [0.15, 0.2) is 0 Å². The molecule has 1 aliphatic heterocycles. The summed E-state index contributed by atoms with van der Waals surface area (Å²) in [5.74, 6) is -0.242. The zero-order chi connectivity index (χ0) is 15.0. The molecule has 3 rings (SSSR count). The summed E-state index contributed by atoms with van der Waals surface area (Å²) in [5, 5.41) is 2.76. The van der Waals surface area contributed by atoms with E-state index in [9.17, 15) is 9.18 Å². The maximum Gasteiger partial charge on any atom is 0.224 e. The average molecular weight is 354 g/mol. The van der Waals surface area contributed by atoms with Crippen molar-refractivity contribution >= 4 is 27.5 Å². The highest BCUT2D eigenvalue weighted by Crippen LogP contribution is 2.51. The van der Waals surface area contributed by atoms with E-state index in [0.717, 1.165) is 24.0 Å². The second-order valence-corrected chi connectivity index (χ2v) is 7.57. The maximum absolute atomic E-state index is 14.5. The molecule has 1 aromatic rings. The third-order valence-corrected chi connectivity index (χ3v) is 6.60. The molecule has 1 atom stereocenters. The van der Waals surface area contributed by atoms with Gasteiger partial charge in [-0.1, -0.05) is 42.1 Å². The van der Waals surface area contributed by atoms with Gasteiger partial charge in [-0.25, -0.2) is 4.39 Å². The number of aryl methyl sites for hydroxylation is 1. The van der Waals surface area contributed by atoms with Gasteiger partial charge in [-0.3, -0.25) is 4.79 Å². The van der Waals surface area contributed by atoms with E-state index in [1.165, 1.54) is 25.3 Å². The molecule has 1 amide bonds. The van der Waals surface area contributed by atoms with Crippen molar-refractivity contribution in [2.24, 2.45) is 5.41 Å². The molecule has 0 spiro atoms. The number of nitrogens with one attached hydrogen (secondary N) is 1. The number of carbonyl (C=O) groups is 1. The number of anilines is 1. The number of hydrogen-bond donors (Lipinski definition) is 1. The van der Waals surface area contributed by atoms with Gasteiger partial charge in [0.1, 0.15) is 5.82 Å². The standard InChI is InChI=1S/C17H21BrFNO/c1-17(7-3-2-4-8-17)16(18)12-9-11-5-6-15(21)20-14(11)10-13(12)19/h9-10,16H,2-8H2,1H3,(H,20,21). The number of halogens is 2. The summed E-state index contributed by atoms with van der Waals surface area (Å²) in [6, 6.07) is 3.44. The van der Waals surface area contributed by atoms with Gasteiger partial charge in [-0.15, -0.1) is 0 Å². The van der Waals surface area contributed by atoms with Crippen LogP contribution < -0.4 is 5.32 Å². The number of hydrogen-bond acceptors (Lipinski definition) is 1. The third-order valence-electron chi connectivity index (χ3n) is 5.00. The van der Waals surface area contributed by atoms with Crippen molar-refractivity contribution in [2.45, 2.75) is 56.7 Å². The second-order valence-electron chi connectivity index (χ2n) is 6.66. The molecule has 2 nitrogen and oxygen atoms in total. The summed E-state index contributed by atoms with van der Waals surface area (Å²) in [5.41, 5.74) is 2.55. The van der Waals surface area contributed by atoms with Crippen molar-refractivity contribution in [1.29, 1.82) is 0 Å². The fourth-order valence-electron chi connectivity index (χ4n) is 3.60. The maximum atomic E-state index is 14.5. The van der Waals surface area contributed by atoms with E-state index in [1.54, 1.807) is 0 Å². The van der Waals surface area contributed by atoms with E-state index in [2.05, 4.69) is 28.2 Å². The lowest BCUT2D eigenvalue weighted by Gasteiger charge is -2.38. The molecular weight excluding hydrogens is 333 g/mol. The van der Waals surface area contributed by atoms with Crippen LogP contribution in [0.1, 0.15) is 61.4 Å². The Morgan fingerprint density at radius 1 is 1.24 bits per heavy atom. The van der Waals surface area contributed by atoms with Crippen LogP contribution in [-0.2, 0) is 11.2 Å². The second kappa shape index (κ2) is 5.71. The Morgan fingerprint density at radius 2 is 1.95 bits per heavy atom. The molecule has 0 radical (unpaired) electrons. The summed E-state index contributed by atoms with van der Waals surface area (Å²) in [6.45, 7) is 2.26. The highest BCUT2D eigenvalue weighted by atomic mass is 79.9. The molecule has 0 saturated heterocycles. The minimum Gasteiger partial charge on any atom is -0.326 e. The molecule has 1 aliphatic carbocycles. The zero-order valence-corrected chi connectivity index (χ0v) is 13.9. The Bertz CT molecular complexity index is 566. The lowest BCUT2D eigenvalue weighted by atomic mass is 9.71. The van der Waals surface area contributed by atoms with Crippen LogP contribution in [0.15, 0.2) is 12.1 Å². The van der Waals surface area contributed by atoms with E-state index in [-0.39, 0.29) is 22.0 Å². The highest BCUT2D eigenvalue weighted by Gasteiger charge is 2.36. The lowest BCUT2D eigenvalue weighted by molar-refractivity contribution is -0.116. The lowest BCUT2D eigenvalue weighted by Crippen LogP contribution is -2.26. The van der Waals surface area contributed by atoms with Crippen LogP contribution in [0.4, 0.5) is 10.1 Å². The van der Waals surface area contributed by atoms with Crippen LogP contribution in [0.3, 0.4) is 0 Å². The minimum atomic E-state index is -0.218. The summed E-state index contributed by atoms with van der Waals surface area (Å²) in [6.07, 6.45) is 7.19. The minimum absolute atomic E-state index is 0.0238. The predicted molar refractivity (Wildman–Crippen MR) is 86.2 cm³/mol. The van der Waals surface area contributed by atoms with Crippen molar-refractivity contribution in [2.75, 3.05) is 5.32 Å². The van der Waals surface area contributed by atoms with Gasteiger partial charge in [0.05, 0.1) is 0 Å². The third kappa shape index (κ3) is 2.87. The molecule has 114 valence electrons. The summed E-state index contributed by atoms with van der Waals surface area (Å²) < 4.78 is 14.5. The van der Waals surface area contributed by atoms with E-state index >= 15 is 0 Å². The zero-order valence-electron chi connectivity index (χ0n) is 12.3. The Kier molecular flexibility index (Phi) is 4.08. The van der Waals surface area contributed by atoms with Gasteiger partial charge in [-0.05, 0) is 42.4 Å². The van der Waals surface area contributed by atoms with Gasteiger partial charge >= 0.3 is 0 Å². The Balaban J connectivity index is 1.93. The number of benzene rings is 1. The number of amides is 1. The SMILES string of the molecule is CC1(C(Br)c2cc3c(cc2F)NC(=O)CC3)CCCCC1. The van der Waals surface area contributed by atoms with Gasteiger partial charge < -0.3 is 5.32 Å². The highest BCUT2D eigenvalue weighted by molar-refractivity contribution is 9.09. The molecule has 1 heterocycles. The quantitative estimate of drug-likeness (QED) is 0.734. The topological polar surface area (TPSA) is 29.1 Å². The number of carbonyl (C=O) groups excluding carboxylic acids is 1. The Labute approximate surface area is 133 Å². The van der Waals surface area contributed by atoms with E-state index in [0.29, 0.717) is 18.5 Å². The predicted octanol–water partition coefficient (Wildman–Crippen LogP) is 5.12. The molecule has 0 bridgehead atoms. The molecule has 1 N–H and O–H groups in total. The molecule has 4 heteroatoms. The van der Waals surface area contributed by atoms with Crippen LogP contribution in [-0.4, -0.2) is 5.91 Å². The van der Waals surface area contributed by atoms with Crippen molar-refractivity contribution < 1.29 is 9.18 Å². The molecule has 2 aliphatic rings. The number of rotatable bonds is 2. The van der Waals surface area contributed by atoms with Gasteiger partial charge in [-0.2, -0.15) is 0 Å². The van der Waals surface area contributed by atoms with Crippen LogP contribution in [0.25, 0.3) is 0 Å². The first kappa shape index (κ1) is 15.0. The van der Waals surface area contributed by atoms with Crippen LogP contribution in [0.5, 0.6) is 0 Å². The molecular formula is C17H21BrFNO. The fourth-order valence-corrected chi connectivity index (χ4v) is 4.41. The van der Waals surface area contributed by atoms with Gasteiger partial charge in [0.25, 0.3) is 0 Å². The first-order valence-corrected chi connectivity index (χ1v) is 8.67. The molecule has 0 aromatic heterocycles. The Hall–Kier alpha value is -0.900. The molecule has 1 unspecified atom stereocenters. The molecule has 21 heavy (non-hydrogen) atoms. The van der Waals surface area contributed by atoms with Gasteiger partial charge in [0, 0.05) is 22.5 Å². The van der Waals surface area contributed by atoms with Crippen molar-refractivity contribution in [3.63, 3.8) is 0 Å². The van der Waals surface area contributed by atoms with Crippen LogP contribution in [0, 0.1) is 11.2 Å². The number of alkyl halides is 1. The summed E-state index contributed by atoms with van der Waals surface area (Å²) in [4.78, 5) is 11.4. The van der Waals surface area contributed by atoms with Crippen LogP contribution in [0.2, 0.25) is 0 Å². The fraction of sp³-hybridized carbons (Fsp3) is 0.588. The first-order chi connectivity index (χ1) is 9.99. The van der Waals surface area contributed by atoms with E-state index < -0.39 is 0 Å². The normalized spacial score (nSPS) is 22.3. The average Bonchev–Trinajstić information content (AvgIpc) is 2.46.